The number of carbonyl (C=O) groups is 1. The van der Waals surface area contributed by atoms with Crippen LogP contribution in [0.25, 0.3) is 0 Å². The topological polar surface area (TPSA) is 63.2 Å². The van der Waals surface area contributed by atoms with Crippen molar-refractivity contribution < 1.29 is 14.3 Å². The molecule has 1 aliphatic rings. The Morgan fingerprint density at radius 2 is 2.03 bits per heavy atom. The normalized spacial score (nSPS) is 17.2. The molecule has 1 N–H and O–H groups in total. The molecule has 0 saturated carbocycles. The third-order valence-electron chi connectivity index (χ3n) is 5.01. The SMILES string of the molecule is CCNC(=NCCCCOCCc1ccccc1)N1CCCC(C(=O)OCC)C1. The van der Waals surface area contributed by atoms with Crippen LogP contribution in [-0.2, 0) is 20.7 Å². The minimum Gasteiger partial charge on any atom is -0.466 e. The molecular formula is C23H37N3O3. The van der Waals surface area contributed by atoms with Gasteiger partial charge in [-0.25, -0.2) is 0 Å². The molecule has 1 aliphatic heterocycles. The molecule has 6 heteroatoms. The highest BCUT2D eigenvalue weighted by atomic mass is 16.5. The number of hydrogen-bond acceptors (Lipinski definition) is 4. The van der Waals surface area contributed by atoms with Gasteiger partial charge in [0.15, 0.2) is 5.96 Å². The lowest BCUT2D eigenvalue weighted by molar-refractivity contribution is -0.149. The third kappa shape index (κ3) is 8.86. The van der Waals surface area contributed by atoms with Gasteiger partial charge in [-0.2, -0.15) is 0 Å². The van der Waals surface area contributed by atoms with Gasteiger partial charge >= 0.3 is 5.97 Å². The van der Waals surface area contributed by atoms with E-state index in [1.165, 1.54) is 5.56 Å². The van der Waals surface area contributed by atoms with E-state index in [9.17, 15) is 4.79 Å². The van der Waals surface area contributed by atoms with Gasteiger partial charge in [-0.05, 0) is 51.5 Å². The second-order valence-electron chi connectivity index (χ2n) is 7.33. The Morgan fingerprint density at radius 3 is 2.79 bits per heavy atom. The van der Waals surface area contributed by atoms with E-state index >= 15 is 0 Å². The monoisotopic (exact) mass is 403 g/mol. The fraction of sp³-hybridized carbons (Fsp3) is 0.652. The van der Waals surface area contributed by atoms with E-state index in [-0.39, 0.29) is 11.9 Å². The molecule has 0 aliphatic carbocycles. The molecule has 1 atom stereocenters. The molecule has 1 aromatic carbocycles. The van der Waals surface area contributed by atoms with Crippen molar-refractivity contribution in [2.24, 2.45) is 10.9 Å². The number of likely N-dealkylation sites (tertiary alicyclic amines) is 1. The van der Waals surface area contributed by atoms with E-state index in [4.69, 9.17) is 14.5 Å². The fourth-order valence-corrected chi connectivity index (χ4v) is 3.49. The van der Waals surface area contributed by atoms with Gasteiger partial charge in [0.05, 0.1) is 19.1 Å². The maximum Gasteiger partial charge on any atom is 0.310 e. The van der Waals surface area contributed by atoms with Crippen molar-refractivity contribution in [3.05, 3.63) is 35.9 Å². The van der Waals surface area contributed by atoms with E-state index in [1.54, 1.807) is 0 Å². The van der Waals surface area contributed by atoms with Crippen LogP contribution in [0, 0.1) is 5.92 Å². The van der Waals surface area contributed by atoms with Gasteiger partial charge in [0.2, 0.25) is 0 Å². The summed E-state index contributed by atoms with van der Waals surface area (Å²) in [4.78, 5) is 19.0. The molecule has 0 aromatic heterocycles. The summed E-state index contributed by atoms with van der Waals surface area (Å²) in [6, 6.07) is 10.4. The number of benzene rings is 1. The summed E-state index contributed by atoms with van der Waals surface area (Å²) in [5.74, 6) is 0.776. The van der Waals surface area contributed by atoms with Crippen LogP contribution in [0.3, 0.4) is 0 Å². The first kappa shape index (κ1) is 23.2. The van der Waals surface area contributed by atoms with Gasteiger partial charge in [-0.15, -0.1) is 0 Å². The number of unbranched alkanes of at least 4 members (excludes halogenated alkanes) is 1. The van der Waals surface area contributed by atoms with Crippen molar-refractivity contribution in [3.63, 3.8) is 0 Å². The smallest absolute Gasteiger partial charge is 0.310 e. The molecule has 0 bridgehead atoms. The highest BCUT2D eigenvalue weighted by Crippen LogP contribution is 2.18. The Hall–Kier alpha value is -2.08. The number of carbonyl (C=O) groups excluding carboxylic acids is 1. The lowest BCUT2D eigenvalue weighted by Crippen LogP contribution is -2.48. The van der Waals surface area contributed by atoms with Crippen molar-refractivity contribution in [3.8, 4) is 0 Å². The zero-order chi connectivity index (χ0) is 20.7. The molecule has 1 heterocycles. The second-order valence-corrected chi connectivity index (χ2v) is 7.33. The molecular weight excluding hydrogens is 366 g/mol. The third-order valence-corrected chi connectivity index (χ3v) is 5.01. The summed E-state index contributed by atoms with van der Waals surface area (Å²) in [5, 5.41) is 3.37. The molecule has 0 amide bonds. The average molecular weight is 404 g/mol. The minimum absolute atomic E-state index is 0.0504. The number of hydrogen-bond donors (Lipinski definition) is 1. The van der Waals surface area contributed by atoms with Gasteiger partial charge in [-0.3, -0.25) is 9.79 Å². The Kier molecular flexibility index (Phi) is 11.2. The quantitative estimate of drug-likeness (QED) is 0.266. The van der Waals surface area contributed by atoms with E-state index < -0.39 is 0 Å². The van der Waals surface area contributed by atoms with Crippen LogP contribution in [0.15, 0.2) is 35.3 Å². The summed E-state index contributed by atoms with van der Waals surface area (Å²) in [5.41, 5.74) is 1.31. The highest BCUT2D eigenvalue weighted by Gasteiger charge is 2.28. The van der Waals surface area contributed by atoms with Crippen molar-refractivity contribution in [2.75, 3.05) is 46.0 Å². The Morgan fingerprint density at radius 1 is 1.21 bits per heavy atom. The van der Waals surface area contributed by atoms with Crippen molar-refractivity contribution in [1.82, 2.24) is 10.2 Å². The summed E-state index contributed by atoms with van der Waals surface area (Å²) >= 11 is 0. The first-order chi connectivity index (χ1) is 14.2. The molecule has 29 heavy (non-hydrogen) atoms. The summed E-state index contributed by atoms with van der Waals surface area (Å²) in [6.07, 6.45) is 4.84. The number of ether oxygens (including phenoxy) is 2. The number of esters is 1. The van der Waals surface area contributed by atoms with E-state index in [0.29, 0.717) is 13.2 Å². The van der Waals surface area contributed by atoms with Crippen molar-refractivity contribution in [2.45, 2.75) is 46.0 Å². The second kappa shape index (κ2) is 14.0. The molecule has 1 aromatic rings. The molecule has 1 saturated heterocycles. The molecule has 1 unspecified atom stereocenters. The van der Waals surface area contributed by atoms with Gasteiger partial charge in [0.25, 0.3) is 0 Å². The number of guanidine groups is 1. The van der Waals surface area contributed by atoms with Crippen LogP contribution in [0.2, 0.25) is 0 Å². The number of rotatable bonds is 11. The molecule has 0 radical (unpaired) electrons. The van der Waals surface area contributed by atoms with E-state index in [2.05, 4.69) is 41.4 Å². The Bertz CT molecular complexity index is 607. The Balaban J connectivity index is 1.66. The van der Waals surface area contributed by atoms with Gasteiger partial charge < -0.3 is 19.7 Å². The van der Waals surface area contributed by atoms with Crippen LogP contribution in [0.1, 0.15) is 45.1 Å². The molecule has 2 rings (SSSR count). The minimum atomic E-state index is -0.0827. The van der Waals surface area contributed by atoms with Crippen LogP contribution < -0.4 is 5.32 Å². The Labute approximate surface area is 175 Å². The summed E-state index contributed by atoms with van der Waals surface area (Å²) in [7, 11) is 0. The number of aliphatic imine (C=N–C) groups is 1. The molecule has 0 spiro atoms. The number of nitrogens with one attached hydrogen (secondary N) is 1. The largest absolute Gasteiger partial charge is 0.466 e. The van der Waals surface area contributed by atoms with Crippen LogP contribution in [0.5, 0.6) is 0 Å². The lowest BCUT2D eigenvalue weighted by Gasteiger charge is -2.34. The summed E-state index contributed by atoms with van der Waals surface area (Å²) < 4.78 is 10.9. The molecule has 1 fully saturated rings. The van der Waals surface area contributed by atoms with Crippen LogP contribution >= 0.6 is 0 Å². The lowest BCUT2D eigenvalue weighted by atomic mass is 9.98. The summed E-state index contributed by atoms with van der Waals surface area (Å²) in [6.45, 7) is 9.12. The molecule has 162 valence electrons. The number of piperidine rings is 1. The fourth-order valence-electron chi connectivity index (χ4n) is 3.49. The predicted octanol–water partition coefficient (Wildman–Crippen LogP) is 3.27. The van der Waals surface area contributed by atoms with Crippen LogP contribution in [-0.4, -0.2) is 62.8 Å². The average Bonchev–Trinajstić information content (AvgIpc) is 2.76. The van der Waals surface area contributed by atoms with Crippen molar-refractivity contribution in [1.29, 1.82) is 0 Å². The maximum atomic E-state index is 12.1. The highest BCUT2D eigenvalue weighted by molar-refractivity contribution is 5.81. The van der Waals surface area contributed by atoms with Gasteiger partial charge in [-0.1, -0.05) is 30.3 Å². The first-order valence-electron chi connectivity index (χ1n) is 11.1. The standard InChI is InChI=1S/C23H37N3O3/c1-3-24-23(26-16-10-13-21(19-26)22(27)29-4-2)25-15-8-9-17-28-18-14-20-11-6-5-7-12-20/h5-7,11-12,21H,3-4,8-10,13-19H2,1-2H3,(H,24,25). The first-order valence-corrected chi connectivity index (χ1v) is 11.1. The number of nitrogens with zero attached hydrogens (tertiary/aromatic N) is 2. The van der Waals surface area contributed by atoms with Crippen LogP contribution in [0.4, 0.5) is 0 Å². The van der Waals surface area contributed by atoms with E-state index in [1.807, 2.05) is 13.0 Å². The molecule has 6 nitrogen and oxygen atoms in total. The van der Waals surface area contributed by atoms with Gasteiger partial charge in [0, 0.05) is 32.8 Å². The van der Waals surface area contributed by atoms with Gasteiger partial charge in [0.1, 0.15) is 0 Å². The maximum absolute atomic E-state index is 12.1. The zero-order valence-electron chi connectivity index (χ0n) is 18.1. The van der Waals surface area contributed by atoms with Crippen molar-refractivity contribution >= 4 is 11.9 Å². The predicted molar refractivity (Wildman–Crippen MR) is 117 cm³/mol. The zero-order valence-corrected chi connectivity index (χ0v) is 18.1. The van der Waals surface area contributed by atoms with E-state index in [0.717, 1.165) is 70.9 Å².